The SMILES string of the molecule is O=C(O)c1cnn(C(O)c2cccnc2)c1. The molecule has 0 aliphatic carbocycles. The maximum absolute atomic E-state index is 10.6. The smallest absolute Gasteiger partial charge is 0.338 e. The van der Waals surface area contributed by atoms with Gasteiger partial charge in [0.05, 0.1) is 11.8 Å². The van der Waals surface area contributed by atoms with Crippen LogP contribution in [0.3, 0.4) is 0 Å². The molecular weight excluding hydrogens is 210 g/mol. The largest absolute Gasteiger partial charge is 0.478 e. The van der Waals surface area contributed by atoms with E-state index in [1.54, 1.807) is 18.3 Å². The lowest BCUT2D eigenvalue weighted by molar-refractivity contribution is 0.0696. The molecule has 0 fully saturated rings. The van der Waals surface area contributed by atoms with E-state index < -0.39 is 12.2 Å². The quantitative estimate of drug-likeness (QED) is 0.785. The van der Waals surface area contributed by atoms with E-state index in [9.17, 15) is 9.90 Å². The van der Waals surface area contributed by atoms with Crippen LogP contribution >= 0.6 is 0 Å². The number of nitrogens with zero attached hydrogens (tertiary/aromatic N) is 3. The van der Waals surface area contributed by atoms with Crippen LogP contribution in [0, 0.1) is 0 Å². The molecule has 2 rings (SSSR count). The molecule has 1 atom stereocenters. The van der Waals surface area contributed by atoms with Gasteiger partial charge in [-0.1, -0.05) is 6.07 Å². The number of aromatic carboxylic acids is 1. The van der Waals surface area contributed by atoms with E-state index in [-0.39, 0.29) is 5.56 Å². The lowest BCUT2D eigenvalue weighted by atomic mass is 10.2. The highest BCUT2D eigenvalue weighted by Crippen LogP contribution is 2.13. The molecule has 0 radical (unpaired) electrons. The van der Waals surface area contributed by atoms with Crippen molar-refractivity contribution in [2.75, 3.05) is 0 Å². The van der Waals surface area contributed by atoms with Crippen LogP contribution in [0.5, 0.6) is 0 Å². The van der Waals surface area contributed by atoms with Crippen molar-refractivity contribution < 1.29 is 15.0 Å². The van der Waals surface area contributed by atoms with E-state index in [1.807, 2.05) is 0 Å². The molecule has 6 nitrogen and oxygen atoms in total. The number of rotatable bonds is 3. The van der Waals surface area contributed by atoms with Gasteiger partial charge < -0.3 is 10.2 Å². The molecule has 6 heteroatoms. The summed E-state index contributed by atoms with van der Waals surface area (Å²) in [4.78, 5) is 14.5. The van der Waals surface area contributed by atoms with Gasteiger partial charge in [-0.3, -0.25) is 4.98 Å². The molecule has 0 saturated carbocycles. The fourth-order valence-electron chi connectivity index (χ4n) is 1.26. The first-order valence-corrected chi connectivity index (χ1v) is 4.54. The van der Waals surface area contributed by atoms with E-state index in [0.717, 1.165) is 0 Å². The normalized spacial score (nSPS) is 12.3. The van der Waals surface area contributed by atoms with Crippen molar-refractivity contribution in [3.05, 3.63) is 48.0 Å². The van der Waals surface area contributed by atoms with Crippen LogP contribution in [0.15, 0.2) is 36.9 Å². The van der Waals surface area contributed by atoms with E-state index >= 15 is 0 Å². The summed E-state index contributed by atoms with van der Waals surface area (Å²) in [6.07, 6.45) is 4.50. The molecule has 0 saturated heterocycles. The van der Waals surface area contributed by atoms with Gasteiger partial charge in [0, 0.05) is 24.2 Å². The van der Waals surface area contributed by atoms with Crippen molar-refractivity contribution in [3.63, 3.8) is 0 Å². The second-order valence-electron chi connectivity index (χ2n) is 3.17. The van der Waals surface area contributed by atoms with Gasteiger partial charge in [-0.2, -0.15) is 5.10 Å². The number of carboxylic acids is 1. The lowest BCUT2D eigenvalue weighted by Crippen LogP contribution is -2.10. The van der Waals surface area contributed by atoms with Gasteiger partial charge in [0.15, 0.2) is 6.23 Å². The van der Waals surface area contributed by atoms with Crippen molar-refractivity contribution in [1.29, 1.82) is 0 Å². The molecule has 2 heterocycles. The van der Waals surface area contributed by atoms with Gasteiger partial charge >= 0.3 is 5.97 Å². The number of aliphatic hydroxyl groups is 1. The third-order valence-corrected chi connectivity index (χ3v) is 2.08. The molecule has 0 aliphatic rings. The van der Waals surface area contributed by atoms with Crippen molar-refractivity contribution >= 4 is 5.97 Å². The molecule has 2 N–H and O–H groups in total. The number of hydrogen-bond donors (Lipinski definition) is 2. The fraction of sp³-hybridized carbons (Fsp3) is 0.100. The van der Waals surface area contributed by atoms with Crippen LogP contribution in [-0.4, -0.2) is 30.9 Å². The molecule has 0 aromatic carbocycles. The second kappa shape index (κ2) is 4.11. The van der Waals surface area contributed by atoms with E-state index in [2.05, 4.69) is 10.1 Å². The van der Waals surface area contributed by atoms with Gasteiger partial charge in [0.2, 0.25) is 0 Å². The van der Waals surface area contributed by atoms with Crippen molar-refractivity contribution in [2.45, 2.75) is 6.23 Å². The van der Waals surface area contributed by atoms with Gasteiger partial charge in [-0.15, -0.1) is 0 Å². The maximum Gasteiger partial charge on any atom is 0.338 e. The summed E-state index contributed by atoms with van der Waals surface area (Å²) in [7, 11) is 0. The molecule has 1 unspecified atom stereocenters. The molecular formula is C10H9N3O3. The van der Waals surface area contributed by atoms with Crippen LogP contribution in [0.4, 0.5) is 0 Å². The fourth-order valence-corrected chi connectivity index (χ4v) is 1.26. The third kappa shape index (κ3) is 1.91. The predicted octanol–water partition coefficient (Wildman–Crippen LogP) is 0.516. The Labute approximate surface area is 90.8 Å². The zero-order chi connectivity index (χ0) is 11.5. The monoisotopic (exact) mass is 219 g/mol. The Morgan fingerprint density at radius 3 is 2.81 bits per heavy atom. The molecule has 82 valence electrons. The van der Waals surface area contributed by atoms with Gasteiger partial charge in [-0.25, -0.2) is 9.48 Å². The average molecular weight is 219 g/mol. The van der Waals surface area contributed by atoms with E-state index in [0.29, 0.717) is 5.56 Å². The summed E-state index contributed by atoms with van der Waals surface area (Å²) >= 11 is 0. The number of aromatic nitrogens is 3. The standard InChI is InChI=1S/C10H9N3O3/c14-9(7-2-1-3-11-4-7)13-6-8(5-12-13)10(15)16/h1-6,9,14H,(H,15,16). The first-order chi connectivity index (χ1) is 7.68. The van der Waals surface area contributed by atoms with Crippen LogP contribution in [0.1, 0.15) is 22.1 Å². The molecule has 0 bridgehead atoms. The van der Waals surface area contributed by atoms with Crippen LogP contribution < -0.4 is 0 Å². The second-order valence-corrected chi connectivity index (χ2v) is 3.17. The van der Waals surface area contributed by atoms with Gasteiger partial charge in [0.25, 0.3) is 0 Å². The predicted molar refractivity (Wildman–Crippen MR) is 53.8 cm³/mol. The topological polar surface area (TPSA) is 88.2 Å². The van der Waals surface area contributed by atoms with Crippen molar-refractivity contribution in [1.82, 2.24) is 14.8 Å². The molecule has 16 heavy (non-hydrogen) atoms. The van der Waals surface area contributed by atoms with Gasteiger partial charge in [-0.05, 0) is 6.07 Å². The minimum atomic E-state index is -1.08. The number of carboxylic acid groups (broad SMARTS) is 1. The van der Waals surface area contributed by atoms with E-state index in [1.165, 1.54) is 23.3 Å². The highest BCUT2D eigenvalue weighted by molar-refractivity contribution is 5.86. The van der Waals surface area contributed by atoms with Crippen molar-refractivity contribution in [3.8, 4) is 0 Å². The highest BCUT2D eigenvalue weighted by atomic mass is 16.4. The third-order valence-electron chi connectivity index (χ3n) is 2.08. The molecule has 2 aromatic heterocycles. The number of aliphatic hydroxyl groups excluding tert-OH is 1. The minimum Gasteiger partial charge on any atom is -0.478 e. The number of carbonyl (C=O) groups is 1. The Balaban J connectivity index is 2.27. The number of pyridine rings is 1. The Hall–Kier alpha value is -2.21. The van der Waals surface area contributed by atoms with Crippen LogP contribution in [0.2, 0.25) is 0 Å². The van der Waals surface area contributed by atoms with E-state index in [4.69, 9.17) is 5.11 Å². The Morgan fingerprint density at radius 2 is 2.25 bits per heavy atom. The highest BCUT2D eigenvalue weighted by Gasteiger charge is 2.13. The average Bonchev–Trinajstić information content (AvgIpc) is 2.78. The Bertz CT molecular complexity index is 495. The van der Waals surface area contributed by atoms with Crippen LogP contribution in [-0.2, 0) is 0 Å². The zero-order valence-corrected chi connectivity index (χ0v) is 8.19. The van der Waals surface area contributed by atoms with Gasteiger partial charge in [0.1, 0.15) is 0 Å². The first-order valence-electron chi connectivity index (χ1n) is 4.54. The maximum atomic E-state index is 10.6. The number of hydrogen-bond acceptors (Lipinski definition) is 4. The molecule has 2 aromatic rings. The first kappa shape index (κ1) is 10.3. The summed E-state index contributed by atoms with van der Waals surface area (Å²) in [6, 6.07) is 3.36. The van der Waals surface area contributed by atoms with Crippen LogP contribution in [0.25, 0.3) is 0 Å². The Kier molecular flexibility index (Phi) is 2.65. The lowest BCUT2D eigenvalue weighted by Gasteiger charge is -2.10. The molecule has 0 aliphatic heterocycles. The summed E-state index contributed by atoms with van der Waals surface area (Å²) in [6.45, 7) is 0. The summed E-state index contributed by atoms with van der Waals surface area (Å²) < 4.78 is 1.17. The molecule has 0 spiro atoms. The summed E-state index contributed by atoms with van der Waals surface area (Å²) in [5.74, 6) is -1.08. The zero-order valence-electron chi connectivity index (χ0n) is 8.19. The Morgan fingerprint density at radius 1 is 1.44 bits per heavy atom. The van der Waals surface area contributed by atoms with Crippen molar-refractivity contribution in [2.24, 2.45) is 0 Å². The summed E-state index contributed by atoms with van der Waals surface area (Å²) in [5, 5.41) is 22.3. The minimum absolute atomic E-state index is 0.0305. The molecule has 0 amide bonds. The summed E-state index contributed by atoms with van der Waals surface area (Å²) in [5.41, 5.74) is 0.575.